The van der Waals surface area contributed by atoms with Gasteiger partial charge >= 0.3 is 5.97 Å². The van der Waals surface area contributed by atoms with E-state index in [1.807, 2.05) is 54.6 Å². The quantitative estimate of drug-likeness (QED) is 0.0472. The van der Waals surface area contributed by atoms with Gasteiger partial charge < -0.3 is 20.2 Å². The second-order valence-electron chi connectivity index (χ2n) is 12.6. The van der Waals surface area contributed by atoms with Gasteiger partial charge in [-0.05, 0) is 37.5 Å². The van der Waals surface area contributed by atoms with E-state index in [4.69, 9.17) is 26.2 Å². The lowest BCUT2D eigenvalue weighted by atomic mass is 9.77. The fourth-order valence-electron chi connectivity index (χ4n) is 6.07. The van der Waals surface area contributed by atoms with Crippen molar-refractivity contribution in [2.45, 2.75) is 44.0 Å². The number of nitrogens with zero attached hydrogens (tertiary/aromatic N) is 3. The molecule has 0 radical (unpaired) electrons. The van der Waals surface area contributed by atoms with Gasteiger partial charge in [0.15, 0.2) is 10.8 Å². The minimum Gasteiger partial charge on any atom is -0.455 e. The van der Waals surface area contributed by atoms with E-state index in [2.05, 4.69) is 52.2 Å². The van der Waals surface area contributed by atoms with Crippen LogP contribution in [-0.4, -0.2) is 69.8 Å². The van der Waals surface area contributed by atoms with Crippen molar-refractivity contribution in [2.75, 3.05) is 24.1 Å². The van der Waals surface area contributed by atoms with Crippen molar-refractivity contribution in [2.24, 2.45) is 5.16 Å². The van der Waals surface area contributed by atoms with Gasteiger partial charge in [0.25, 0.3) is 11.8 Å². The van der Waals surface area contributed by atoms with Crippen molar-refractivity contribution in [3.8, 4) is 0 Å². The van der Waals surface area contributed by atoms with Crippen molar-refractivity contribution in [3.63, 3.8) is 0 Å². The van der Waals surface area contributed by atoms with Crippen molar-refractivity contribution in [3.05, 3.63) is 129 Å². The number of esters is 1. The molecular weight excluding hydrogens is 694 g/mol. The molecule has 0 saturated carbocycles. The average molecular weight is 730 g/mol. The normalized spacial score (nSPS) is 17.8. The number of aromatic nitrogens is 1. The number of oxime groups is 1. The molecule has 1 fully saturated rings. The number of ether oxygens (including phenoxy) is 1. The summed E-state index contributed by atoms with van der Waals surface area (Å²) in [5, 5.41) is 12.8. The Morgan fingerprint density at radius 1 is 0.960 bits per heavy atom. The third kappa shape index (κ3) is 6.87. The van der Waals surface area contributed by atoms with Gasteiger partial charge in [0.1, 0.15) is 35.7 Å². The number of anilines is 1. The van der Waals surface area contributed by atoms with Crippen LogP contribution in [0.2, 0.25) is 0 Å². The molecule has 6 rings (SSSR count). The molecule has 0 bridgehead atoms. The summed E-state index contributed by atoms with van der Waals surface area (Å²) < 4.78 is 5.58. The van der Waals surface area contributed by atoms with Crippen LogP contribution in [0.25, 0.3) is 0 Å². The third-order valence-corrected chi connectivity index (χ3v) is 10.6. The zero-order valence-corrected chi connectivity index (χ0v) is 30.3. The van der Waals surface area contributed by atoms with Crippen molar-refractivity contribution >= 4 is 63.3 Å². The number of carbonyl (C=O) groups excluding carboxylic acids is 3. The molecule has 258 valence electrons. The third-order valence-electron chi connectivity index (χ3n) is 8.21. The van der Waals surface area contributed by atoms with E-state index in [-0.39, 0.29) is 23.0 Å². The number of amides is 2. The van der Waals surface area contributed by atoms with Gasteiger partial charge in [0.2, 0.25) is 0 Å². The Hall–Kier alpha value is -4.65. The van der Waals surface area contributed by atoms with E-state index in [1.165, 1.54) is 35.1 Å². The van der Waals surface area contributed by atoms with Crippen LogP contribution >= 0.6 is 34.7 Å². The highest BCUT2D eigenvalue weighted by atomic mass is 35.5. The Labute approximate surface area is 303 Å². The Kier molecular flexibility index (Phi) is 10.3. The van der Waals surface area contributed by atoms with Gasteiger partial charge in [-0.25, -0.2) is 9.78 Å². The van der Waals surface area contributed by atoms with Crippen LogP contribution in [0.4, 0.5) is 5.13 Å². The molecule has 2 aliphatic heterocycles. The molecule has 1 saturated heterocycles. The minimum absolute atomic E-state index is 0.0533. The molecule has 0 spiro atoms. The molecule has 2 N–H and O–H groups in total. The largest absolute Gasteiger partial charge is 0.455 e. The van der Waals surface area contributed by atoms with Crippen LogP contribution in [0.5, 0.6) is 0 Å². The van der Waals surface area contributed by atoms with Crippen LogP contribution in [0.1, 0.15) is 43.2 Å². The van der Waals surface area contributed by atoms with Crippen molar-refractivity contribution in [1.82, 2.24) is 15.2 Å². The maximum absolute atomic E-state index is 13.8. The number of halogens is 1. The fraction of sp³-hybridized carbons (Fsp3) is 0.270. The van der Waals surface area contributed by atoms with Gasteiger partial charge in [-0.1, -0.05) is 96.2 Å². The summed E-state index contributed by atoms with van der Waals surface area (Å²) in [7, 11) is 1.34. The van der Waals surface area contributed by atoms with E-state index in [9.17, 15) is 14.4 Å². The highest BCUT2D eigenvalue weighted by Crippen LogP contribution is 2.42. The van der Waals surface area contributed by atoms with E-state index in [0.29, 0.717) is 15.8 Å². The molecule has 1 aromatic heterocycles. The first-order valence-corrected chi connectivity index (χ1v) is 18.3. The number of hydrogen-bond donors (Lipinski definition) is 2. The maximum Gasteiger partial charge on any atom is 0.356 e. The number of carbonyl (C=O) groups is 3. The first-order chi connectivity index (χ1) is 24.1. The highest BCUT2D eigenvalue weighted by molar-refractivity contribution is 8.03. The molecule has 10 nitrogen and oxygen atoms in total. The van der Waals surface area contributed by atoms with Gasteiger partial charge in [0, 0.05) is 16.0 Å². The predicted octanol–water partition coefficient (Wildman–Crippen LogP) is 6.13. The molecule has 2 atom stereocenters. The van der Waals surface area contributed by atoms with Gasteiger partial charge in [-0.3, -0.25) is 14.5 Å². The van der Waals surface area contributed by atoms with Crippen LogP contribution in [0, 0.1) is 0 Å². The molecule has 2 amide bonds. The topological polar surface area (TPSA) is 122 Å². The molecule has 3 aromatic carbocycles. The van der Waals surface area contributed by atoms with E-state index in [1.54, 1.807) is 26.2 Å². The Morgan fingerprint density at radius 3 is 2.02 bits per heavy atom. The van der Waals surface area contributed by atoms with Crippen LogP contribution in [0.15, 0.2) is 112 Å². The number of hydrogen-bond acceptors (Lipinski definition) is 10. The number of β-lactam (4-membered cyclic amide) rings is 1. The average Bonchev–Trinajstić information content (AvgIpc) is 3.59. The number of fused-ring (bicyclic) bond motifs is 1. The SMILES string of the molecule is CON=C(C(=O)NC1C(=O)N2C(C(=O)OC(C)(C)C)=C(CCl)SCC12)c1csc(NC(c2ccccc2)(c2ccccc2)c2ccccc2)n1. The number of alkyl halides is 1. The van der Waals surface area contributed by atoms with Gasteiger partial charge in [0.05, 0.1) is 11.9 Å². The molecule has 13 heteroatoms. The number of nitrogens with one attached hydrogen (secondary N) is 2. The second-order valence-corrected chi connectivity index (χ2v) is 14.8. The lowest BCUT2D eigenvalue weighted by molar-refractivity contribution is -0.160. The monoisotopic (exact) mass is 729 g/mol. The Bertz CT molecular complexity index is 1830. The zero-order chi connectivity index (χ0) is 35.5. The molecule has 2 unspecified atom stereocenters. The van der Waals surface area contributed by atoms with E-state index in [0.717, 1.165) is 16.7 Å². The molecule has 4 aromatic rings. The first kappa shape index (κ1) is 35.2. The van der Waals surface area contributed by atoms with Crippen LogP contribution in [-0.2, 0) is 29.5 Å². The lowest BCUT2D eigenvalue weighted by Gasteiger charge is -2.50. The zero-order valence-electron chi connectivity index (χ0n) is 27.9. The molecule has 2 aliphatic rings. The Balaban J connectivity index is 1.27. The van der Waals surface area contributed by atoms with Crippen LogP contribution < -0.4 is 10.6 Å². The number of rotatable bonds is 11. The van der Waals surface area contributed by atoms with Gasteiger partial charge in [-0.2, -0.15) is 0 Å². The lowest BCUT2D eigenvalue weighted by Crippen LogP contribution is -2.73. The highest BCUT2D eigenvalue weighted by Gasteiger charge is 2.54. The van der Waals surface area contributed by atoms with Gasteiger partial charge in [-0.15, -0.1) is 34.7 Å². The number of benzene rings is 3. The molecule has 0 aliphatic carbocycles. The smallest absolute Gasteiger partial charge is 0.356 e. The summed E-state index contributed by atoms with van der Waals surface area (Å²) in [4.78, 5) is 52.2. The summed E-state index contributed by atoms with van der Waals surface area (Å²) in [6.45, 7) is 5.25. The Morgan fingerprint density at radius 2 is 1.52 bits per heavy atom. The number of thioether (sulfide) groups is 1. The van der Waals surface area contributed by atoms with E-state index < -0.39 is 41.0 Å². The number of allylic oxidation sites excluding steroid dienone is 1. The molecule has 50 heavy (non-hydrogen) atoms. The summed E-state index contributed by atoms with van der Waals surface area (Å²) in [5.41, 5.74) is 1.67. The molecular formula is C37H36ClN5O5S2. The summed E-state index contributed by atoms with van der Waals surface area (Å²) in [5.74, 6) is -1.23. The number of thiazole rings is 1. The standard InChI is InChI=1S/C37H36ClN5O5S2/c1-36(2,3)48-34(46)31-28(20-38)49-22-27-30(33(45)43(27)31)40-32(44)29(42-47-4)26-21-50-35(39-26)41-37(23-14-8-5-9-15-23,24-16-10-6-11-17-24)25-18-12-7-13-19-25/h5-19,21,27,30H,20,22H2,1-4H3,(H,39,41)(H,40,44). The first-order valence-electron chi connectivity index (χ1n) is 15.9. The van der Waals surface area contributed by atoms with Crippen molar-refractivity contribution < 1.29 is 24.0 Å². The second kappa shape index (κ2) is 14.7. The minimum atomic E-state index is -0.899. The van der Waals surface area contributed by atoms with E-state index >= 15 is 0 Å². The summed E-state index contributed by atoms with van der Waals surface area (Å²) in [6, 6.07) is 28.9. The fourth-order valence-corrected chi connectivity index (χ4v) is 8.28. The summed E-state index contributed by atoms with van der Waals surface area (Å²) in [6.07, 6.45) is 0. The maximum atomic E-state index is 13.8. The predicted molar refractivity (Wildman–Crippen MR) is 197 cm³/mol. The van der Waals surface area contributed by atoms with Crippen molar-refractivity contribution in [1.29, 1.82) is 0 Å². The summed E-state index contributed by atoms with van der Waals surface area (Å²) >= 11 is 8.83. The van der Waals surface area contributed by atoms with Crippen LogP contribution in [0.3, 0.4) is 0 Å². The molecule has 3 heterocycles.